The van der Waals surface area contributed by atoms with Gasteiger partial charge in [0.1, 0.15) is 17.2 Å². The zero-order valence-electron chi connectivity index (χ0n) is 21.0. The second-order valence-corrected chi connectivity index (χ2v) is 11.0. The number of hydrogen-bond acceptors (Lipinski definition) is 9. The number of rotatable bonds is 9. The third kappa shape index (κ3) is 5.13. The highest BCUT2D eigenvalue weighted by molar-refractivity contribution is 7.22. The quantitative estimate of drug-likeness (QED) is 0.219. The van der Waals surface area contributed by atoms with Crippen LogP contribution in [0, 0.1) is 6.92 Å². The molecule has 0 bridgehead atoms. The molecule has 0 saturated heterocycles. The Morgan fingerprint density at radius 1 is 1.08 bits per heavy atom. The van der Waals surface area contributed by atoms with E-state index in [0.717, 1.165) is 48.4 Å². The van der Waals surface area contributed by atoms with Crippen molar-refractivity contribution in [2.24, 2.45) is 0 Å². The number of aromatic nitrogens is 2. The van der Waals surface area contributed by atoms with Crippen molar-refractivity contribution in [2.45, 2.75) is 33.7 Å². The molecule has 0 fully saturated rings. The van der Waals surface area contributed by atoms with Gasteiger partial charge in [-0.25, -0.2) is 9.97 Å². The number of carbonyl (C=O) groups excluding carboxylic acids is 2. The van der Waals surface area contributed by atoms with Crippen LogP contribution < -0.4 is 15.5 Å². The molecule has 0 unspecified atom stereocenters. The molecule has 0 spiro atoms. The first-order valence-electron chi connectivity index (χ1n) is 12.0. The largest absolute Gasteiger partial charge is 0.492 e. The van der Waals surface area contributed by atoms with Crippen molar-refractivity contribution in [3.05, 3.63) is 59.0 Å². The van der Waals surface area contributed by atoms with Gasteiger partial charge in [-0.2, -0.15) is 5.01 Å². The molecule has 0 aliphatic carbocycles. The number of anilines is 1. The minimum atomic E-state index is -0.417. The lowest BCUT2D eigenvalue weighted by molar-refractivity contribution is -0.135. The summed E-state index contributed by atoms with van der Waals surface area (Å²) in [5.74, 6) is 0.973. The van der Waals surface area contributed by atoms with Crippen molar-refractivity contribution in [2.75, 3.05) is 18.6 Å². The van der Waals surface area contributed by atoms with Crippen LogP contribution in [0.3, 0.4) is 0 Å². The Hall–Kier alpha value is -3.60. The van der Waals surface area contributed by atoms with E-state index >= 15 is 0 Å². The second-order valence-electron chi connectivity index (χ2n) is 9.01. The van der Waals surface area contributed by atoms with Crippen LogP contribution in [0.2, 0.25) is 0 Å². The van der Waals surface area contributed by atoms with Crippen LogP contribution in [0.25, 0.3) is 31.4 Å². The van der Waals surface area contributed by atoms with E-state index in [4.69, 9.17) is 14.7 Å². The average molecular weight is 534 g/mol. The van der Waals surface area contributed by atoms with Gasteiger partial charge in [0.2, 0.25) is 0 Å². The van der Waals surface area contributed by atoms with Crippen LogP contribution in [-0.4, -0.2) is 46.0 Å². The molecule has 0 radical (unpaired) electrons. The van der Waals surface area contributed by atoms with Gasteiger partial charge in [-0.15, -0.1) is 22.7 Å². The Labute approximate surface area is 223 Å². The van der Waals surface area contributed by atoms with E-state index in [2.05, 4.69) is 24.6 Å². The normalized spacial score (nSPS) is 13.6. The Balaban J connectivity index is 1.49. The number of ether oxygens (including phenoxy) is 1. The standard InChI is InChI=1S/C27H27N5O3S2/c1-15(2)28-11-12-35-19-9-7-18(8-10-19)23-17(4)22-25(31-32-21(33)14-16(3)27(32)34)29-24(30-26(22)37-23)20-6-5-13-36-20/h5-10,13-15,28H,11-12H2,1-4H3,(H,29,30,31). The lowest BCUT2D eigenvalue weighted by Crippen LogP contribution is -2.36. The Morgan fingerprint density at radius 2 is 1.86 bits per heavy atom. The number of hydrazine groups is 1. The molecule has 0 saturated carbocycles. The molecular formula is C27H27N5O3S2. The summed E-state index contributed by atoms with van der Waals surface area (Å²) in [6.07, 6.45) is 1.32. The molecule has 4 aromatic rings. The number of nitrogens with zero attached hydrogens (tertiary/aromatic N) is 3. The lowest BCUT2D eigenvalue weighted by Gasteiger charge is -2.17. The molecule has 1 aromatic carbocycles. The fraction of sp³-hybridized carbons (Fsp3) is 0.259. The van der Waals surface area contributed by atoms with Gasteiger partial charge in [0, 0.05) is 29.1 Å². The zero-order valence-corrected chi connectivity index (χ0v) is 22.6. The van der Waals surface area contributed by atoms with E-state index in [1.165, 1.54) is 17.4 Å². The van der Waals surface area contributed by atoms with Gasteiger partial charge < -0.3 is 10.1 Å². The first-order chi connectivity index (χ1) is 17.8. The van der Waals surface area contributed by atoms with Gasteiger partial charge in [-0.3, -0.25) is 15.0 Å². The van der Waals surface area contributed by atoms with Gasteiger partial charge in [0.05, 0.1) is 10.3 Å². The third-order valence-electron chi connectivity index (χ3n) is 5.89. The number of imide groups is 1. The number of thiophene rings is 2. The molecule has 37 heavy (non-hydrogen) atoms. The summed E-state index contributed by atoms with van der Waals surface area (Å²) in [5, 5.41) is 7.09. The predicted octanol–water partition coefficient (Wildman–Crippen LogP) is 5.41. The van der Waals surface area contributed by atoms with E-state index in [1.54, 1.807) is 18.3 Å². The average Bonchev–Trinajstić information content (AvgIpc) is 3.58. The summed E-state index contributed by atoms with van der Waals surface area (Å²) in [4.78, 5) is 37.3. The van der Waals surface area contributed by atoms with E-state index in [-0.39, 0.29) is 5.91 Å². The zero-order chi connectivity index (χ0) is 26.1. The predicted molar refractivity (Wildman–Crippen MR) is 149 cm³/mol. The maximum atomic E-state index is 12.6. The third-order valence-corrected chi connectivity index (χ3v) is 7.99. The maximum Gasteiger partial charge on any atom is 0.275 e. The van der Waals surface area contributed by atoms with Crippen LogP contribution in [0.5, 0.6) is 5.75 Å². The number of amides is 2. The summed E-state index contributed by atoms with van der Waals surface area (Å²) < 4.78 is 5.85. The minimum absolute atomic E-state index is 0.381. The van der Waals surface area contributed by atoms with Gasteiger partial charge in [-0.1, -0.05) is 19.9 Å². The number of hydrogen-bond donors (Lipinski definition) is 2. The molecule has 5 rings (SSSR count). The first-order valence-corrected chi connectivity index (χ1v) is 13.7. The summed E-state index contributed by atoms with van der Waals surface area (Å²) in [7, 11) is 0. The smallest absolute Gasteiger partial charge is 0.275 e. The summed E-state index contributed by atoms with van der Waals surface area (Å²) >= 11 is 3.09. The summed E-state index contributed by atoms with van der Waals surface area (Å²) in [6, 6.07) is 12.3. The van der Waals surface area contributed by atoms with Crippen LogP contribution in [0.4, 0.5) is 5.82 Å². The highest BCUT2D eigenvalue weighted by atomic mass is 32.1. The van der Waals surface area contributed by atoms with Crippen LogP contribution in [0.15, 0.2) is 53.4 Å². The van der Waals surface area contributed by atoms with Crippen LogP contribution in [0.1, 0.15) is 26.3 Å². The van der Waals surface area contributed by atoms with E-state index < -0.39 is 5.91 Å². The van der Waals surface area contributed by atoms with E-state index in [9.17, 15) is 9.59 Å². The Morgan fingerprint density at radius 3 is 2.51 bits per heavy atom. The fourth-order valence-electron chi connectivity index (χ4n) is 4.03. The van der Waals surface area contributed by atoms with E-state index in [1.807, 2.05) is 48.7 Å². The van der Waals surface area contributed by atoms with Crippen molar-refractivity contribution in [3.8, 4) is 26.9 Å². The number of nitrogens with one attached hydrogen (secondary N) is 2. The topological polar surface area (TPSA) is 96.5 Å². The monoisotopic (exact) mass is 533 g/mol. The Bertz CT molecular complexity index is 1490. The summed E-state index contributed by atoms with van der Waals surface area (Å²) in [6.45, 7) is 9.22. The van der Waals surface area contributed by atoms with Gasteiger partial charge in [0.15, 0.2) is 11.6 Å². The second kappa shape index (κ2) is 10.4. The van der Waals surface area contributed by atoms with Crippen molar-refractivity contribution in [1.29, 1.82) is 0 Å². The molecular weight excluding hydrogens is 506 g/mol. The summed E-state index contributed by atoms with van der Waals surface area (Å²) in [5.41, 5.74) is 5.37. The van der Waals surface area contributed by atoms with Gasteiger partial charge in [0.25, 0.3) is 11.8 Å². The number of aryl methyl sites for hydroxylation is 1. The highest BCUT2D eigenvalue weighted by Gasteiger charge is 2.30. The van der Waals surface area contributed by atoms with E-state index in [0.29, 0.717) is 29.9 Å². The minimum Gasteiger partial charge on any atom is -0.492 e. The van der Waals surface area contributed by atoms with Crippen molar-refractivity contribution >= 4 is 50.5 Å². The highest BCUT2D eigenvalue weighted by Crippen LogP contribution is 2.42. The van der Waals surface area contributed by atoms with Crippen LogP contribution in [-0.2, 0) is 9.59 Å². The number of fused-ring (bicyclic) bond motifs is 1. The first kappa shape index (κ1) is 25.1. The van der Waals surface area contributed by atoms with Gasteiger partial charge in [-0.05, 0) is 60.7 Å². The molecule has 10 heteroatoms. The number of benzene rings is 1. The SMILES string of the molecule is CC1=CC(=O)N(Nc2nc(-c3cccs3)nc3sc(-c4ccc(OCCNC(C)C)cc4)c(C)c23)C1=O. The molecule has 190 valence electrons. The Kier molecular flexibility index (Phi) is 7.05. The molecule has 2 amide bonds. The molecule has 1 aliphatic heterocycles. The van der Waals surface area contributed by atoms with Crippen molar-refractivity contribution in [3.63, 3.8) is 0 Å². The molecule has 0 atom stereocenters. The number of carbonyl (C=O) groups is 2. The molecule has 4 heterocycles. The molecule has 1 aliphatic rings. The van der Waals surface area contributed by atoms with Crippen molar-refractivity contribution < 1.29 is 14.3 Å². The fourth-order valence-corrected chi connectivity index (χ4v) is 5.87. The molecule has 8 nitrogen and oxygen atoms in total. The molecule has 2 N–H and O–H groups in total. The molecule has 3 aromatic heterocycles. The van der Waals surface area contributed by atoms with Gasteiger partial charge >= 0.3 is 0 Å². The lowest BCUT2D eigenvalue weighted by atomic mass is 10.1. The van der Waals surface area contributed by atoms with Crippen molar-refractivity contribution in [1.82, 2.24) is 20.3 Å². The maximum absolute atomic E-state index is 12.6. The van der Waals surface area contributed by atoms with Crippen LogP contribution >= 0.6 is 22.7 Å².